The van der Waals surface area contributed by atoms with Crippen molar-refractivity contribution in [3.05, 3.63) is 28.2 Å². The predicted molar refractivity (Wildman–Crippen MR) is 67.7 cm³/mol. The summed E-state index contributed by atoms with van der Waals surface area (Å²) in [5.41, 5.74) is 1.13. The van der Waals surface area contributed by atoms with Gasteiger partial charge in [-0.15, -0.1) is 11.6 Å². The van der Waals surface area contributed by atoms with Crippen molar-refractivity contribution in [2.24, 2.45) is 0 Å². The first kappa shape index (κ1) is 12.8. The van der Waals surface area contributed by atoms with Crippen LogP contribution in [-0.4, -0.2) is 19.0 Å². The van der Waals surface area contributed by atoms with Crippen molar-refractivity contribution in [1.29, 1.82) is 0 Å². The maximum Gasteiger partial charge on any atom is 0.123 e. The second kappa shape index (κ2) is 6.36. The molecule has 0 amide bonds. The fraction of sp³-hybridized carbons (Fsp3) is 0.455. The van der Waals surface area contributed by atoms with Gasteiger partial charge in [-0.25, -0.2) is 0 Å². The van der Waals surface area contributed by atoms with Gasteiger partial charge in [-0.1, -0.05) is 15.9 Å². The lowest BCUT2D eigenvalue weighted by molar-refractivity contribution is 0.406. The first-order valence-corrected chi connectivity index (χ1v) is 6.12. The molecule has 1 N–H and O–H groups in total. The minimum Gasteiger partial charge on any atom is -0.496 e. The number of hydrogen-bond donors (Lipinski definition) is 1. The third kappa shape index (κ3) is 4.01. The molecule has 1 aromatic carbocycles. The Kier molecular flexibility index (Phi) is 5.43. The lowest BCUT2D eigenvalue weighted by atomic mass is 10.2. The molecule has 2 nitrogen and oxygen atoms in total. The number of alkyl halides is 1. The molecule has 0 aliphatic rings. The number of halogens is 2. The molecule has 1 aromatic rings. The van der Waals surface area contributed by atoms with Gasteiger partial charge in [0.05, 0.1) is 7.11 Å². The van der Waals surface area contributed by atoms with Gasteiger partial charge < -0.3 is 10.1 Å². The number of benzene rings is 1. The van der Waals surface area contributed by atoms with Crippen LogP contribution in [0, 0.1) is 0 Å². The minimum absolute atomic E-state index is 0.301. The molecule has 15 heavy (non-hydrogen) atoms. The van der Waals surface area contributed by atoms with E-state index < -0.39 is 0 Å². The molecule has 0 aliphatic carbocycles. The number of rotatable bonds is 5. The van der Waals surface area contributed by atoms with Crippen LogP contribution in [0.15, 0.2) is 22.7 Å². The highest BCUT2D eigenvalue weighted by Crippen LogP contribution is 2.22. The Morgan fingerprint density at radius 2 is 2.27 bits per heavy atom. The van der Waals surface area contributed by atoms with Gasteiger partial charge in [-0.3, -0.25) is 0 Å². The van der Waals surface area contributed by atoms with Crippen LogP contribution < -0.4 is 10.1 Å². The zero-order valence-electron chi connectivity index (χ0n) is 8.89. The molecule has 0 fully saturated rings. The van der Waals surface area contributed by atoms with Gasteiger partial charge in [-0.05, 0) is 25.1 Å². The van der Waals surface area contributed by atoms with Gasteiger partial charge in [0, 0.05) is 28.5 Å². The number of methoxy groups -OCH3 is 1. The molecule has 1 unspecified atom stereocenters. The van der Waals surface area contributed by atoms with E-state index in [1.807, 2.05) is 18.2 Å². The molecule has 0 spiro atoms. The van der Waals surface area contributed by atoms with E-state index in [1.54, 1.807) is 7.11 Å². The Hall–Kier alpha value is -0.250. The first-order chi connectivity index (χ1) is 7.17. The molecule has 0 heterocycles. The van der Waals surface area contributed by atoms with Gasteiger partial charge in [0.25, 0.3) is 0 Å². The molecule has 0 aliphatic heterocycles. The molecule has 0 radical (unpaired) electrons. The lowest BCUT2D eigenvalue weighted by Crippen LogP contribution is -2.26. The summed E-state index contributed by atoms with van der Waals surface area (Å²) in [6, 6.07) is 6.27. The van der Waals surface area contributed by atoms with Crippen LogP contribution in [0.4, 0.5) is 0 Å². The topological polar surface area (TPSA) is 21.3 Å². The van der Waals surface area contributed by atoms with Gasteiger partial charge in [0.2, 0.25) is 0 Å². The third-order valence-corrected chi connectivity index (χ3v) is 3.07. The Morgan fingerprint density at radius 3 is 2.87 bits per heavy atom. The van der Waals surface area contributed by atoms with Crippen LogP contribution in [0.2, 0.25) is 0 Å². The van der Waals surface area contributed by atoms with E-state index in [2.05, 4.69) is 28.2 Å². The van der Waals surface area contributed by atoms with Gasteiger partial charge >= 0.3 is 0 Å². The predicted octanol–water partition coefficient (Wildman–Crippen LogP) is 3.17. The molecule has 0 saturated carbocycles. The quantitative estimate of drug-likeness (QED) is 0.842. The summed E-state index contributed by atoms with van der Waals surface area (Å²) >= 11 is 9.16. The van der Waals surface area contributed by atoms with Crippen molar-refractivity contribution in [2.45, 2.75) is 19.5 Å². The Labute approximate surface area is 104 Å². The molecular formula is C11H15BrClNO. The van der Waals surface area contributed by atoms with E-state index in [4.69, 9.17) is 16.3 Å². The van der Waals surface area contributed by atoms with Crippen molar-refractivity contribution >= 4 is 27.5 Å². The zero-order chi connectivity index (χ0) is 11.3. The first-order valence-electron chi connectivity index (χ1n) is 4.79. The number of ether oxygens (including phenoxy) is 1. The van der Waals surface area contributed by atoms with Crippen LogP contribution in [-0.2, 0) is 6.54 Å². The van der Waals surface area contributed by atoms with Crippen LogP contribution in [0.5, 0.6) is 5.75 Å². The second-order valence-electron chi connectivity index (χ2n) is 3.39. The van der Waals surface area contributed by atoms with Crippen LogP contribution in [0.1, 0.15) is 12.5 Å². The normalized spacial score (nSPS) is 12.5. The number of hydrogen-bond acceptors (Lipinski definition) is 2. The summed E-state index contributed by atoms with van der Waals surface area (Å²) in [4.78, 5) is 0. The van der Waals surface area contributed by atoms with E-state index in [0.29, 0.717) is 11.9 Å². The van der Waals surface area contributed by atoms with Gasteiger partial charge in [-0.2, -0.15) is 0 Å². The lowest BCUT2D eigenvalue weighted by Gasteiger charge is -2.13. The average molecular weight is 293 g/mol. The van der Waals surface area contributed by atoms with Gasteiger partial charge in [0.1, 0.15) is 5.75 Å². The van der Waals surface area contributed by atoms with Crippen LogP contribution >= 0.6 is 27.5 Å². The molecule has 4 heteroatoms. The third-order valence-electron chi connectivity index (χ3n) is 2.11. The molecule has 1 atom stereocenters. The van der Waals surface area contributed by atoms with E-state index in [-0.39, 0.29) is 0 Å². The minimum atomic E-state index is 0.301. The molecule has 0 saturated heterocycles. The Balaban J connectivity index is 2.69. The average Bonchev–Trinajstić information content (AvgIpc) is 2.26. The summed E-state index contributed by atoms with van der Waals surface area (Å²) < 4.78 is 6.33. The van der Waals surface area contributed by atoms with Crippen molar-refractivity contribution in [3.8, 4) is 5.75 Å². The van der Waals surface area contributed by atoms with Crippen molar-refractivity contribution < 1.29 is 4.74 Å². The largest absolute Gasteiger partial charge is 0.496 e. The maximum absolute atomic E-state index is 5.72. The van der Waals surface area contributed by atoms with Gasteiger partial charge in [0.15, 0.2) is 0 Å². The molecule has 0 bridgehead atoms. The molecular weight excluding hydrogens is 277 g/mol. The molecule has 84 valence electrons. The summed E-state index contributed by atoms with van der Waals surface area (Å²) in [7, 11) is 1.68. The highest BCUT2D eigenvalue weighted by atomic mass is 79.9. The van der Waals surface area contributed by atoms with Crippen molar-refractivity contribution in [3.63, 3.8) is 0 Å². The van der Waals surface area contributed by atoms with Crippen LogP contribution in [0.25, 0.3) is 0 Å². The summed E-state index contributed by atoms with van der Waals surface area (Å²) in [5.74, 6) is 1.50. The summed E-state index contributed by atoms with van der Waals surface area (Å²) in [5, 5.41) is 3.32. The van der Waals surface area contributed by atoms with E-state index in [1.165, 1.54) is 0 Å². The van der Waals surface area contributed by atoms with Crippen molar-refractivity contribution in [1.82, 2.24) is 5.32 Å². The number of nitrogens with one attached hydrogen (secondary N) is 1. The zero-order valence-corrected chi connectivity index (χ0v) is 11.2. The standard InChI is InChI=1S/C11H15BrClNO/c1-8(6-13)14-7-9-5-10(12)3-4-11(9)15-2/h3-5,8,14H,6-7H2,1-2H3. The fourth-order valence-corrected chi connectivity index (χ4v) is 1.74. The second-order valence-corrected chi connectivity index (χ2v) is 4.62. The van der Waals surface area contributed by atoms with E-state index in [9.17, 15) is 0 Å². The summed E-state index contributed by atoms with van der Waals surface area (Å²) in [6.45, 7) is 2.81. The monoisotopic (exact) mass is 291 g/mol. The highest BCUT2D eigenvalue weighted by molar-refractivity contribution is 9.10. The molecule has 1 rings (SSSR count). The SMILES string of the molecule is COc1ccc(Br)cc1CNC(C)CCl. The Bertz CT molecular complexity index is 319. The smallest absolute Gasteiger partial charge is 0.123 e. The van der Waals surface area contributed by atoms with E-state index in [0.717, 1.165) is 22.3 Å². The van der Waals surface area contributed by atoms with E-state index >= 15 is 0 Å². The van der Waals surface area contributed by atoms with Crippen LogP contribution in [0.3, 0.4) is 0 Å². The fourth-order valence-electron chi connectivity index (χ4n) is 1.22. The summed E-state index contributed by atoms with van der Waals surface area (Å²) in [6.07, 6.45) is 0. The highest BCUT2D eigenvalue weighted by Gasteiger charge is 2.05. The maximum atomic E-state index is 5.72. The Morgan fingerprint density at radius 1 is 1.53 bits per heavy atom. The van der Waals surface area contributed by atoms with Crippen molar-refractivity contribution in [2.75, 3.05) is 13.0 Å². The molecule has 0 aromatic heterocycles.